The highest BCUT2D eigenvalue weighted by atomic mass is 16.5. The minimum absolute atomic E-state index is 0.0157. The molecule has 26 heavy (non-hydrogen) atoms. The second kappa shape index (κ2) is 10.0. The van der Waals surface area contributed by atoms with E-state index in [4.69, 9.17) is 9.47 Å². The van der Waals surface area contributed by atoms with Crippen LogP contribution in [0.1, 0.15) is 20.8 Å². The largest absolute Gasteiger partial charge is 0.494 e. The van der Waals surface area contributed by atoms with Crippen LogP contribution in [0.15, 0.2) is 24.3 Å². The summed E-state index contributed by atoms with van der Waals surface area (Å²) in [5, 5.41) is 2.88. The van der Waals surface area contributed by atoms with E-state index >= 15 is 0 Å². The van der Waals surface area contributed by atoms with Crippen LogP contribution in [-0.4, -0.2) is 73.6 Å². The van der Waals surface area contributed by atoms with E-state index in [1.807, 2.05) is 32.9 Å². The van der Waals surface area contributed by atoms with Crippen molar-refractivity contribution in [1.29, 1.82) is 0 Å². The fourth-order valence-corrected chi connectivity index (χ4v) is 2.76. The van der Waals surface area contributed by atoms with Gasteiger partial charge in [0.25, 0.3) is 5.91 Å². The number of amides is 2. The predicted octanol–water partition coefficient (Wildman–Crippen LogP) is 1.13. The van der Waals surface area contributed by atoms with Gasteiger partial charge in [0.1, 0.15) is 11.5 Å². The first-order chi connectivity index (χ1) is 12.5. The maximum absolute atomic E-state index is 12.3. The van der Waals surface area contributed by atoms with Crippen molar-refractivity contribution in [1.82, 2.24) is 15.1 Å². The van der Waals surface area contributed by atoms with Gasteiger partial charge in [-0.3, -0.25) is 14.5 Å². The molecule has 2 rings (SSSR count). The zero-order valence-corrected chi connectivity index (χ0v) is 15.9. The Bertz CT molecular complexity index is 581. The molecule has 0 aromatic heterocycles. The number of hydrogen-bond acceptors (Lipinski definition) is 5. The van der Waals surface area contributed by atoms with Crippen molar-refractivity contribution in [2.75, 3.05) is 45.9 Å². The van der Waals surface area contributed by atoms with E-state index in [1.54, 1.807) is 17.0 Å². The lowest BCUT2D eigenvalue weighted by atomic mass is 10.3. The molecule has 0 saturated carbocycles. The van der Waals surface area contributed by atoms with Gasteiger partial charge in [0.05, 0.1) is 13.2 Å². The maximum Gasteiger partial charge on any atom is 0.260 e. The summed E-state index contributed by atoms with van der Waals surface area (Å²) in [5.74, 6) is 1.42. The van der Waals surface area contributed by atoms with Gasteiger partial charge in [-0.25, -0.2) is 0 Å². The molecular formula is C19H29N3O4. The zero-order chi connectivity index (χ0) is 18.9. The average molecular weight is 363 g/mol. The minimum Gasteiger partial charge on any atom is -0.494 e. The molecular weight excluding hydrogens is 334 g/mol. The number of piperazine rings is 1. The highest BCUT2D eigenvalue weighted by molar-refractivity contribution is 5.79. The van der Waals surface area contributed by atoms with Crippen LogP contribution in [0.25, 0.3) is 0 Å². The summed E-state index contributed by atoms with van der Waals surface area (Å²) in [4.78, 5) is 27.9. The minimum atomic E-state index is -0.0369. The highest BCUT2D eigenvalue weighted by Gasteiger charge is 2.22. The van der Waals surface area contributed by atoms with Crippen LogP contribution < -0.4 is 14.8 Å². The second-order valence-electron chi connectivity index (χ2n) is 6.57. The number of rotatable bonds is 8. The van der Waals surface area contributed by atoms with Crippen molar-refractivity contribution in [3.63, 3.8) is 0 Å². The van der Waals surface area contributed by atoms with Crippen LogP contribution in [0.4, 0.5) is 0 Å². The summed E-state index contributed by atoms with van der Waals surface area (Å²) in [5.41, 5.74) is 0. The molecule has 1 saturated heterocycles. The smallest absolute Gasteiger partial charge is 0.260 e. The number of hydrogen-bond donors (Lipinski definition) is 1. The van der Waals surface area contributed by atoms with Gasteiger partial charge >= 0.3 is 0 Å². The van der Waals surface area contributed by atoms with E-state index in [1.165, 1.54) is 0 Å². The van der Waals surface area contributed by atoms with E-state index < -0.39 is 0 Å². The Kier molecular flexibility index (Phi) is 7.72. The summed E-state index contributed by atoms with van der Waals surface area (Å²) in [6.07, 6.45) is 0. The molecule has 1 N–H and O–H groups in total. The van der Waals surface area contributed by atoms with Gasteiger partial charge in [0, 0.05) is 32.2 Å². The Labute approximate surface area is 155 Å². The monoisotopic (exact) mass is 363 g/mol. The van der Waals surface area contributed by atoms with Gasteiger partial charge in [-0.15, -0.1) is 0 Å². The molecule has 1 aromatic carbocycles. The number of nitrogens with one attached hydrogen (secondary N) is 1. The van der Waals surface area contributed by atoms with Crippen molar-refractivity contribution in [3.05, 3.63) is 24.3 Å². The van der Waals surface area contributed by atoms with E-state index in [0.717, 1.165) is 5.75 Å². The summed E-state index contributed by atoms with van der Waals surface area (Å²) in [7, 11) is 0. The summed E-state index contributed by atoms with van der Waals surface area (Å²) in [6, 6.07) is 7.38. The zero-order valence-electron chi connectivity index (χ0n) is 15.9. The van der Waals surface area contributed by atoms with Gasteiger partial charge in [-0.05, 0) is 45.0 Å². The Morgan fingerprint density at radius 3 is 2.15 bits per heavy atom. The summed E-state index contributed by atoms with van der Waals surface area (Å²) in [6.45, 7) is 9.44. The molecule has 144 valence electrons. The first-order valence-electron chi connectivity index (χ1n) is 9.13. The SMILES string of the molecule is CCOc1ccc(OCC(=O)N2CCN(CC(=O)NC(C)C)CC2)cc1. The van der Waals surface area contributed by atoms with Crippen LogP contribution in [0.5, 0.6) is 11.5 Å². The van der Waals surface area contributed by atoms with Gasteiger partial charge in [-0.1, -0.05) is 0 Å². The van der Waals surface area contributed by atoms with Crippen molar-refractivity contribution >= 4 is 11.8 Å². The molecule has 0 spiro atoms. The average Bonchev–Trinajstić information content (AvgIpc) is 2.61. The van der Waals surface area contributed by atoms with Crippen molar-refractivity contribution < 1.29 is 19.1 Å². The Balaban J connectivity index is 1.70. The molecule has 1 fully saturated rings. The fraction of sp³-hybridized carbons (Fsp3) is 0.579. The third-order valence-corrected chi connectivity index (χ3v) is 4.04. The summed E-state index contributed by atoms with van der Waals surface area (Å²) < 4.78 is 10.9. The molecule has 0 aliphatic carbocycles. The van der Waals surface area contributed by atoms with Crippen LogP contribution >= 0.6 is 0 Å². The van der Waals surface area contributed by atoms with Crippen LogP contribution in [0, 0.1) is 0 Å². The van der Waals surface area contributed by atoms with Crippen LogP contribution in [0.3, 0.4) is 0 Å². The molecule has 0 atom stereocenters. The molecule has 1 aromatic rings. The van der Waals surface area contributed by atoms with Crippen molar-refractivity contribution in [2.45, 2.75) is 26.8 Å². The number of benzene rings is 1. The lowest BCUT2D eigenvalue weighted by Crippen LogP contribution is -2.52. The molecule has 0 unspecified atom stereocenters. The predicted molar refractivity (Wildman–Crippen MR) is 99.4 cm³/mol. The molecule has 2 amide bonds. The maximum atomic E-state index is 12.3. The molecule has 0 radical (unpaired) electrons. The molecule has 7 nitrogen and oxygen atoms in total. The van der Waals surface area contributed by atoms with E-state index in [-0.39, 0.29) is 24.5 Å². The number of ether oxygens (including phenoxy) is 2. The first-order valence-corrected chi connectivity index (χ1v) is 9.13. The Morgan fingerprint density at radius 1 is 1.04 bits per heavy atom. The molecule has 1 aliphatic heterocycles. The lowest BCUT2D eigenvalue weighted by molar-refractivity contribution is -0.135. The van der Waals surface area contributed by atoms with Gasteiger partial charge < -0.3 is 19.7 Å². The van der Waals surface area contributed by atoms with Crippen LogP contribution in [-0.2, 0) is 9.59 Å². The molecule has 1 heterocycles. The molecule has 1 aliphatic rings. The van der Waals surface area contributed by atoms with Gasteiger partial charge in [0.15, 0.2) is 6.61 Å². The second-order valence-corrected chi connectivity index (χ2v) is 6.57. The number of carbonyl (C=O) groups is 2. The van der Waals surface area contributed by atoms with E-state index in [2.05, 4.69) is 10.2 Å². The van der Waals surface area contributed by atoms with Crippen molar-refractivity contribution in [2.24, 2.45) is 0 Å². The number of carbonyl (C=O) groups excluding carboxylic acids is 2. The lowest BCUT2D eigenvalue weighted by Gasteiger charge is -2.34. The normalized spacial score (nSPS) is 15.0. The van der Waals surface area contributed by atoms with E-state index in [0.29, 0.717) is 45.1 Å². The standard InChI is InChI=1S/C19H29N3O4/c1-4-25-16-5-7-17(8-6-16)26-14-19(24)22-11-9-21(10-12-22)13-18(23)20-15(2)3/h5-8,15H,4,9-14H2,1-3H3,(H,20,23). The Morgan fingerprint density at radius 2 is 1.62 bits per heavy atom. The third-order valence-electron chi connectivity index (χ3n) is 4.04. The molecule has 0 bridgehead atoms. The highest BCUT2D eigenvalue weighted by Crippen LogP contribution is 2.17. The van der Waals surface area contributed by atoms with Crippen molar-refractivity contribution in [3.8, 4) is 11.5 Å². The quantitative estimate of drug-likeness (QED) is 0.750. The topological polar surface area (TPSA) is 71.1 Å². The third kappa shape index (κ3) is 6.55. The van der Waals surface area contributed by atoms with Gasteiger partial charge in [-0.2, -0.15) is 0 Å². The van der Waals surface area contributed by atoms with Crippen LogP contribution in [0.2, 0.25) is 0 Å². The number of nitrogens with zero attached hydrogens (tertiary/aromatic N) is 2. The first kappa shape index (κ1) is 20.0. The Hall–Kier alpha value is -2.28. The summed E-state index contributed by atoms with van der Waals surface area (Å²) >= 11 is 0. The van der Waals surface area contributed by atoms with E-state index in [9.17, 15) is 9.59 Å². The fourth-order valence-electron chi connectivity index (χ4n) is 2.76. The molecule has 7 heteroatoms. The van der Waals surface area contributed by atoms with Gasteiger partial charge in [0.2, 0.25) is 5.91 Å².